The van der Waals surface area contributed by atoms with Gasteiger partial charge in [0, 0.05) is 20.8 Å². The van der Waals surface area contributed by atoms with Gasteiger partial charge in [0.2, 0.25) is 0 Å². The number of halogens is 1. The highest BCUT2D eigenvalue weighted by molar-refractivity contribution is 9.10. The van der Waals surface area contributed by atoms with Crippen LogP contribution in [-0.4, -0.2) is 24.9 Å². The number of hydrogen-bond acceptors (Lipinski definition) is 4. The lowest BCUT2D eigenvalue weighted by molar-refractivity contribution is -0.136. The summed E-state index contributed by atoms with van der Waals surface area (Å²) in [6.45, 7) is 3.98. The van der Waals surface area contributed by atoms with Gasteiger partial charge in [-0.15, -0.1) is 11.8 Å². The van der Waals surface area contributed by atoms with E-state index < -0.39 is 12.0 Å². The van der Waals surface area contributed by atoms with Crippen LogP contribution in [0.1, 0.15) is 22.7 Å². The fraction of sp³-hybridized carbons (Fsp3) is 0.238. The van der Waals surface area contributed by atoms with E-state index in [0.29, 0.717) is 17.0 Å². The molecule has 0 unspecified atom stereocenters. The Morgan fingerprint density at radius 3 is 2.54 bits per heavy atom. The molecule has 2 aromatic carbocycles. The summed E-state index contributed by atoms with van der Waals surface area (Å²) in [5, 5.41) is 5.66. The first-order valence-electron chi connectivity index (χ1n) is 8.73. The molecule has 7 heteroatoms. The van der Waals surface area contributed by atoms with E-state index in [1.54, 1.807) is 11.8 Å². The van der Waals surface area contributed by atoms with Gasteiger partial charge in [-0.3, -0.25) is 0 Å². The lowest BCUT2D eigenvalue weighted by Gasteiger charge is -2.30. The zero-order chi connectivity index (χ0) is 20.3. The van der Waals surface area contributed by atoms with Crippen molar-refractivity contribution in [1.29, 1.82) is 0 Å². The van der Waals surface area contributed by atoms with Gasteiger partial charge in [-0.2, -0.15) is 0 Å². The molecular formula is C21H21BrN2O3S. The van der Waals surface area contributed by atoms with Crippen molar-refractivity contribution in [1.82, 2.24) is 10.6 Å². The third-order valence-electron chi connectivity index (χ3n) is 4.49. The molecule has 5 nitrogen and oxygen atoms in total. The highest BCUT2D eigenvalue weighted by Crippen LogP contribution is 2.32. The molecule has 0 aromatic heterocycles. The fourth-order valence-electron chi connectivity index (χ4n) is 3.15. The normalized spacial score (nSPS) is 16.4. The molecule has 0 saturated heterocycles. The maximum absolute atomic E-state index is 12.6. The molecule has 0 saturated carbocycles. The number of amides is 2. The number of thioether (sulfide) groups is 1. The molecule has 0 spiro atoms. The minimum atomic E-state index is -0.553. The number of carbonyl (C=O) groups excluding carboxylic acids is 2. The lowest BCUT2D eigenvalue weighted by atomic mass is 9.91. The van der Waals surface area contributed by atoms with Gasteiger partial charge in [0.1, 0.15) is 0 Å². The maximum atomic E-state index is 12.6. The number of ether oxygens (including phenoxy) is 1. The molecule has 3 rings (SSSR count). The van der Waals surface area contributed by atoms with Gasteiger partial charge in [0.05, 0.1) is 18.7 Å². The highest BCUT2D eigenvalue weighted by atomic mass is 79.9. The third kappa shape index (κ3) is 4.59. The van der Waals surface area contributed by atoms with Crippen molar-refractivity contribution in [2.24, 2.45) is 0 Å². The predicted octanol–water partition coefficient (Wildman–Crippen LogP) is 4.64. The van der Waals surface area contributed by atoms with Crippen molar-refractivity contribution in [3.05, 3.63) is 74.9 Å². The molecule has 2 amide bonds. The number of esters is 1. The lowest BCUT2D eigenvalue weighted by Crippen LogP contribution is -2.46. The largest absolute Gasteiger partial charge is 0.466 e. The Hall–Kier alpha value is -2.25. The third-order valence-corrected chi connectivity index (χ3v) is 6.06. The topological polar surface area (TPSA) is 67.4 Å². The summed E-state index contributed by atoms with van der Waals surface area (Å²) in [5.41, 5.74) is 4.00. The van der Waals surface area contributed by atoms with E-state index in [1.807, 2.05) is 56.3 Å². The fourth-order valence-corrected chi connectivity index (χ4v) is 4.28. The molecule has 0 aliphatic carbocycles. The van der Waals surface area contributed by atoms with Crippen LogP contribution >= 0.6 is 27.7 Å². The van der Waals surface area contributed by atoms with Crippen LogP contribution in [-0.2, 0) is 9.53 Å². The van der Waals surface area contributed by atoms with Gasteiger partial charge in [-0.1, -0.05) is 39.7 Å². The summed E-state index contributed by atoms with van der Waals surface area (Å²) < 4.78 is 6.03. The van der Waals surface area contributed by atoms with Crippen molar-refractivity contribution in [3.63, 3.8) is 0 Å². The van der Waals surface area contributed by atoms with E-state index in [0.717, 1.165) is 26.1 Å². The first kappa shape index (κ1) is 20.5. The summed E-state index contributed by atoms with van der Waals surface area (Å²) in [5.74, 6) is -0.00941. The van der Waals surface area contributed by atoms with E-state index in [9.17, 15) is 9.59 Å². The smallest absolute Gasteiger partial charge is 0.338 e. The van der Waals surface area contributed by atoms with Crippen LogP contribution in [0, 0.1) is 13.8 Å². The average Bonchev–Trinajstić information content (AvgIpc) is 2.66. The second-order valence-electron chi connectivity index (χ2n) is 6.52. The number of benzene rings is 2. The van der Waals surface area contributed by atoms with Crippen LogP contribution in [0.4, 0.5) is 4.79 Å². The van der Waals surface area contributed by atoms with Gasteiger partial charge in [0.15, 0.2) is 0 Å². The Morgan fingerprint density at radius 2 is 1.89 bits per heavy atom. The Morgan fingerprint density at radius 1 is 1.18 bits per heavy atom. The van der Waals surface area contributed by atoms with E-state index >= 15 is 0 Å². The van der Waals surface area contributed by atoms with Gasteiger partial charge in [0.25, 0.3) is 0 Å². The van der Waals surface area contributed by atoms with Crippen molar-refractivity contribution in [3.8, 4) is 0 Å². The maximum Gasteiger partial charge on any atom is 0.338 e. The molecule has 1 aliphatic rings. The van der Waals surface area contributed by atoms with Crippen LogP contribution in [0.2, 0.25) is 0 Å². The Bertz CT molecular complexity index is 941. The minimum absolute atomic E-state index is 0.330. The first-order chi connectivity index (χ1) is 13.4. The van der Waals surface area contributed by atoms with E-state index in [4.69, 9.17) is 4.74 Å². The van der Waals surface area contributed by atoms with Crippen molar-refractivity contribution < 1.29 is 14.3 Å². The van der Waals surface area contributed by atoms with Crippen molar-refractivity contribution in [2.45, 2.75) is 24.8 Å². The number of aryl methyl sites for hydroxylation is 2. The second-order valence-corrected chi connectivity index (χ2v) is 8.48. The summed E-state index contributed by atoms with van der Waals surface area (Å²) >= 11 is 4.96. The molecule has 1 heterocycles. The van der Waals surface area contributed by atoms with Crippen LogP contribution in [0.5, 0.6) is 0 Å². The van der Waals surface area contributed by atoms with E-state index in [2.05, 4.69) is 26.6 Å². The number of nitrogens with one attached hydrogen (secondary N) is 2. The average molecular weight is 461 g/mol. The van der Waals surface area contributed by atoms with E-state index in [1.165, 1.54) is 7.11 Å². The zero-order valence-electron chi connectivity index (χ0n) is 15.8. The first-order valence-corrected chi connectivity index (χ1v) is 10.5. The standard InChI is InChI=1S/C21H21BrN2O3S/c1-12-4-9-16(13(2)10-12)19-18(20(25)27-3)17(23-21(26)24-19)11-28-15-7-5-14(22)6-8-15/h4-10,19H,11H2,1-3H3,(H2,23,24,26)/t19-/m1/s1. The number of urea groups is 1. The molecule has 0 fully saturated rings. The molecule has 146 valence electrons. The summed E-state index contributed by atoms with van der Waals surface area (Å²) in [6, 6.07) is 13.0. The number of carbonyl (C=O) groups is 2. The van der Waals surface area contributed by atoms with Crippen molar-refractivity contribution in [2.75, 3.05) is 12.9 Å². The molecule has 1 atom stereocenters. The number of methoxy groups -OCH3 is 1. The summed E-state index contributed by atoms with van der Waals surface area (Å²) in [6.07, 6.45) is 0. The summed E-state index contributed by atoms with van der Waals surface area (Å²) in [4.78, 5) is 26.0. The molecule has 0 radical (unpaired) electrons. The second kappa shape index (κ2) is 8.84. The summed E-state index contributed by atoms with van der Waals surface area (Å²) in [7, 11) is 1.35. The number of hydrogen-bond donors (Lipinski definition) is 2. The van der Waals surface area contributed by atoms with Crippen LogP contribution in [0.15, 0.2) is 63.1 Å². The minimum Gasteiger partial charge on any atom is -0.466 e. The molecule has 1 aliphatic heterocycles. The zero-order valence-corrected chi connectivity index (χ0v) is 18.2. The van der Waals surface area contributed by atoms with Crippen LogP contribution in [0.3, 0.4) is 0 Å². The molecule has 2 N–H and O–H groups in total. The van der Waals surface area contributed by atoms with Gasteiger partial charge < -0.3 is 15.4 Å². The van der Waals surface area contributed by atoms with Crippen LogP contribution in [0.25, 0.3) is 0 Å². The Labute approximate surface area is 177 Å². The van der Waals surface area contributed by atoms with Crippen molar-refractivity contribution >= 4 is 39.7 Å². The predicted molar refractivity (Wildman–Crippen MR) is 114 cm³/mol. The molecule has 2 aromatic rings. The monoisotopic (exact) mass is 460 g/mol. The Kier molecular flexibility index (Phi) is 6.46. The Balaban J connectivity index is 1.98. The van der Waals surface area contributed by atoms with Gasteiger partial charge in [-0.25, -0.2) is 9.59 Å². The number of rotatable bonds is 5. The van der Waals surface area contributed by atoms with E-state index in [-0.39, 0.29) is 6.03 Å². The molecule has 0 bridgehead atoms. The highest BCUT2D eigenvalue weighted by Gasteiger charge is 2.34. The van der Waals surface area contributed by atoms with Crippen LogP contribution < -0.4 is 10.6 Å². The van der Waals surface area contributed by atoms with Gasteiger partial charge >= 0.3 is 12.0 Å². The van der Waals surface area contributed by atoms with Gasteiger partial charge in [-0.05, 0) is 49.2 Å². The SMILES string of the molecule is COC(=O)C1=C(CSc2ccc(Br)cc2)NC(=O)N[C@@H]1c1ccc(C)cc1C. The quantitative estimate of drug-likeness (QED) is 0.503. The molecular weight excluding hydrogens is 440 g/mol. The molecule has 28 heavy (non-hydrogen) atoms.